The van der Waals surface area contributed by atoms with E-state index in [0.717, 1.165) is 111 Å². The zero-order chi connectivity index (χ0) is 35.3. The fourth-order valence-electron chi connectivity index (χ4n) is 7.42. The van der Waals surface area contributed by atoms with Gasteiger partial charge in [0.1, 0.15) is 0 Å². The van der Waals surface area contributed by atoms with Gasteiger partial charge in [-0.15, -0.1) is 71.4 Å². The minimum atomic E-state index is 0. The normalized spacial score (nSPS) is 11.1. The van der Waals surface area contributed by atoms with Crippen molar-refractivity contribution in [1.29, 1.82) is 0 Å². The molecule has 5 heterocycles. The van der Waals surface area contributed by atoms with Gasteiger partial charge in [0.2, 0.25) is 0 Å². The maximum atomic E-state index is 5.74. The minimum Gasteiger partial charge on any atom is -0.657 e. The third-order valence-corrected chi connectivity index (χ3v) is 9.83. The van der Waals surface area contributed by atoms with Crippen molar-refractivity contribution in [1.82, 2.24) is 19.9 Å². The van der Waals surface area contributed by atoms with Crippen LogP contribution in [0.5, 0.6) is 0 Å². The summed E-state index contributed by atoms with van der Waals surface area (Å²) in [5.41, 5.74) is 14.7. The third-order valence-electron chi connectivity index (χ3n) is 9.83. The van der Waals surface area contributed by atoms with Gasteiger partial charge in [-0.2, -0.15) is 0 Å². The van der Waals surface area contributed by atoms with Crippen molar-refractivity contribution in [3.05, 3.63) is 119 Å². The first-order valence-electron chi connectivity index (χ1n) is 17.0. The molecule has 2 aliphatic rings. The van der Waals surface area contributed by atoms with Crippen LogP contribution in [-0.4, -0.2) is 9.97 Å². The van der Waals surface area contributed by atoms with Gasteiger partial charge in [-0.1, -0.05) is 60.7 Å². The summed E-state index contributed by atoms with van der Waals surface area (Å²) in [4.78, 5) is 21.0. The molecule has 0 saturated heterocycles. The second kappa shape index (κ2) is 13.5. The van der Waals surface area contributed by atoms with E-state index in [2.05, 4.69) is 121 Å². The average Bonchev–Trinajstić information content (AvgIpc) is 3.87. The number of hydrogen-bond acceptors (Lipinski definition) is 2. The van der Waals surface area contributed by atoms with Crippen LogP contribution in [0.3, 0.4) is 0 Å². The Balaban J connectivity index is 0.00000400. The number of benzene rings is 4. The van der Waals surface area contributed by atoms with E-state index < -0.39 is 0 Å². The fourth-order valence-corrected chi connectivity index (χ4v) is 7.42. The van der Waals surface area contributed by atoms with Crippen molar-refractivity contribution < 1.29 is 20.4 Å². The first-order valence-corrected chi connectivity index (χ1v) is 17.0. The van der Waals surface area contributed by atoms with Crippen molar-refractivity contribution >= 4 is 43.6 Å². The molecular formula is C48H28N4Pd. The fraction of sp³-hybridized carbons (Fsp3) is 0.0833. The zero-order valence-electron chi connectivity index (χ0n) is 28.5. The van der Waals surface area contributed by atoms with Gasteiger partial charge in [0, 0.05) is 47.9 Å². The molecule has 0 amide bonds. The monoisotopic (exact) mass is 766 g/mol. The summed E-state index contributed by atoms with van der Waals surface area (Å²) in [7, 11) is 0. The molecule has 0 unspecified atom stereocenters. The maximum absolute atomic E-state index is 5.74. The third kappa shape index (κ3) is 5.81. The molecule has 3 aromatic heterocycles. The standard InChI is InChI=1S/C48H28N4.Pd/c1-5-9-29-13-17-33-37(21-29)45-26-43-35-19-15-31(11-7-3)23-39(35)47(51-43)28-48-40-24-32(12-8-4)16-20-36(40)44(52-48)27-46-38-22-30(10-6-2)14-18-34(38)42(50-46)25-41(33)49-45;/h1-4,13-28H,9-12H2;/q-2;+2. The van der Waals surface area contributed by atoms with Gasteiger partial charge in [-0.3, -0.25) is 0 Å². The van der Waals surface area contributed by atoms with E-state index in [9.17, 15) is 0 Å². The molecule has 0 saturated carbocycles. The number of rotatable bonds is 4. The number of nitrogens with zero attached hydrogens (tertiary/aromatic N) is 4. The average molecular weight is 767 g/mol. The van der Waals surface area contributed by atoms with Crippen molar-refractivity contribution in [3.63, 3.8) is 0 Å². The summed E-state index contributed by atoms with van der Waals surface area (Å²) in [6.07, 6.45) is 25.0. The largest absolute Gasteiger partial charge is 2.00 e. The van der Waals surface area contributed by atoms with Crippen molar-refractivity contribution in [2.45, 2.75) is 25.7 Å². The molecule has 0 aliphatic carbocycles. The van der Waals surface area contributed by atoms with E-state index in [4.69, 9.17) is 45.6 Å². The van der Waals surface area contributed by atoms with Gasteiger partial charge >= 0.3 is 20.4 Å². The number of aromatic nitrogens is 4. The summed E-state index contributed by atoms with van der Waals surface area (Å²) in [6, 6.07) is 33.5. The van der Waals surface area contributed by atoms with Crippen LogP contribution in [0.2, 0.25) is 0 Å². The van der Waals surface area contributed by atoms with E-state index in [-0.39, 0.29) is 20.4 Å². The molecule has 53 heavy (non-hydrogen) atoms. The van der Waals surface area contributed by atoms with Gasteiger partial charge in [0.15, 0.2) is 0 Å². The van der Waals surface area contributed by atoms with E-state index >= 15 is 0 Å². The van der Waals surface area contributed by atoms with Gasteiger partial charge in [-0.05, 0) is 80.2 Å². The Morgan fingerprint density at radius 2 is 0.698 bits per heavy atom. The Bertz CT molecular complexity index is 3020. The maximum Gasteiger partial charge on any atom is 2.00 e. The molecule has 9 rings (SSSR count). The summed E-state index contributed by atoms with van der Waals surface area (Å²) in [5.74, 6) is 11.1. The van der Waals surface area contributed by atoms with E-state index in [0.29, 0.717) is 25.7 Å². The Morgan fingerprint density at radius 1 is 0.377 bits per heavy atom. The molecule has 2 aliphatic heterocycles. The molecule has 8 bridgehead atoms. The van der Waals surface area contributed by atoms with Crippen LogP contribution < -0.4 is 9.97 Å². The molecule has 4 aromatic carbocycles. The second-order valence-electron chi connectivity index (χ2n) is 13.1. The SMILES string of the molecule is C#CCc1ccc2c(c1)-c1cc3[n-]c(cc4nc(cc5[n-]c(cc-2n1)c1ccc(CC#C)cc51)-c1ccc(CC#C)cc1-4)c1cc(CC#C)ccc31.[Pd+2]. The summed E-state index contributed by atoms with van der Waals surface area (Å²) >= 11 is 0. The molecule has 0 N–H and O–H groups in total. The van der Waals surface area contributed by atoms with Gasteiger partial charge in [0.05, 0.1) is 22.8 Å². The Morgan fingerprint density at radius 3 is 1.08 bits per heavy atom. The van der Waals surface area contributed by atoms with Crippen LogP contribution in [0.25, 0.3) is 88.6 Å². The first-order chi connectivity index (χ1) is 25.5. The van der Waals surface area contributed by atoms with Crippen LogP contribution in [0.15, 0.2) is 97.1 Å². The van der Waals surface area contributed by atoms with Crippen LogP contribution in [0.4, 0.5) is 0 Å². The van der Waals surface area contributed by atoms with E-state index in [1.54, 1.807) is 0 Å². The van der Waals surface area contributed by atoms with Gasteiger partial charge in [-0.25, -0.2) is 9.97 Å². The topological polar surface area (TPSA) is 54.0 Å². The predicted octanol–water partition coefficient (Wildman–Crippen LogP) is 9.25. The smallest absolute Gasteiger partial charge is 0.657 e. The van der Waals surface area contributed by atoms with Crippen LogP contribution in [0.1, 0.15) is 22.3 Å². The number of hydrogen-bond donors (Lipinski definition) is 0. The molecule has 7 aromatic rings. The molecule has 0 atom stereocenters. The molecule has 0 spiro atoms. The van der Waals surface area contributed by atoms with Crippen LogP contribution in [-0.2, 0) is 46.1 Å². The van der Waals surface area contributed by atoms with Gasteiger partial charge < -0.3 is 9.97 Å². The predicted molar refractivity (Wildman–Crippen MR) is 213 cm³/mol. The molecule has 4 nitrogen and oxygen atoms in total. The minimum absolute atomic E-state index is 0. The van der Waals surface area contributed by atoms with Crippen LogP contribution in [0, 0.1) is 49.4 Å². The van der Waals surface area contributed by atoms with Crippen molar-refractivity contribution in [2.24, 2.45) is 0 Å². The molecule has 250 valence electrons. The summed E-state index contributed by atoms with van der Waals surface area (Å²) in [6.45, 7) is 0. The van der Waals surface area contributed by atoms with Crippen molar-refractivity contribution in [2.75, 3.05) is 0 Å². The Hall–Kier alpha value is -6.58. The molecule has 0 fully saturated rings. The van der Waals surface area contributed by atoms with E-state index in [1.165, 1.54) is 0 Å². The summed E-state index contributed by atoms with van der Waals surface area (Å²) in [5, 5.41) is 4.01. The number of fused-ring (bicyclic) bond motifs is 20. The summed E-state index contributed by atoms with van der Waals surface area (Å²) < 4.78 is 0. The zero-order valence-corrected chi connectivity index (χ0v) is 30.0. The molecule has 5 heteroatoms. The Kier molecular flexibility index (Phi) is 8.56. The van der Waals surface area contributed by atoms with Crippen molar-refractivity contribution in [3.8, 4) is 94.4 Å². The second-order valence-corrected chi connectivity index (χ2v) is 13.1. The Labute approximate surface area is 321 Å². The quantitative estimate of drug-likeness (QED) is 0.133. The number of terminal acetylenes is 4. The van der Waals surface area contributed by atoms with Gasteiger partial charge in [0.25, 0.3) is 0 Å². The van der Waals surface area contributed by atoms with Crippen LogP contribution >= 0.6 is 0 Å². The molecular weight excluding hydrogens is 739 g/mol. The molecule has 0 radical (unpaired) electrons. The van der Waals surface area contributed by atoms with E-state index in [1.807, 2.05) is 0 Å². The first kappa shape index (κ1) is 33.6.